The van der Waals surface area contributed by atoms with Crippen molar-refractivity contribution in [1.82, 2.24) is 9.80 Å². The molecule has 0 saturated carbocycles. The van der Waals surface area contributed by atoms with Crippen molar-refractivity contribution in [3.8, 4) is 0 Å². The Labute approximate surface area is 98.6 Å². The fourth-order valence-corrected chi connectivity index (χ4v) is 3.16. The van der Waals surface area contributed by atoms with Gasteiger partial charge in [0.1, 0.15) is 0 Å². The van der Waals surface area contributed by atoms with E-state index >= 15 is 0 Å². The number of alkyl halides is 1. The SMILES string of the molecule is CC1CN2CCCC2CN1CCCCCl. The lowest BCUT2D eigenvalue weighted by atomic mass is 10.1. The zero-order chi connectivity index (χ0) is 10.7. The molecule has 0 aromatic rings. The number of unbranched alkanes of at least 4 members (excludes halogenated alkanes) is 1. The van der Waals surface area contributed by atoms with Gasteiger partial charge in [-0.3, -0.25) is 9.80 Å². The lowest BCUT2D eigenvalue weighted by molar-refractivity contribution is 0.0587. The Morgan fingerprint density at radius 1 is 1.27 bits per heavy atom. The minimum absolute atomic E-state index is 0.745. The number of fused-ring (bicyclic) bond motifs is 1. The lowest BCUT2D eigenvalue weighted by Crippen LogP contribution is -2.54. The van der Waals surface area contributed by atoms with E-state index in [4.69, 9.17) is 11.6 Å². The maximum atomic E-state index is 5.72. The summed E-state index contributed by atoms with van der Waals surface area (Å²) in [7, 11) is 0. The standard InChI is InChI=1S/C12H23ClN2/c1-11-9-15-8-4-5-12(15)10-14(11)7-3-2-6-13/h11-12H,2-10H2,1H3. The second kappa shape index (κ2) is 5.51. The fraction of sp³-hybridized carbons (Fsp3) is 1.00. The van der Waals surface area contributed by atoms with E-state index < -0.39 is 0 Å². The van der Waals surface area contributed by atoms with E-state index in [1.54, 1.807) is 0 Å². The molecular formula is C12H23ClN2. The topological polar surface area (TPSA) is 6.48 Å². The molecule has 3 heteroatoms. The molecule has 2 fully saturated rings. The van der Waals surface area contributed by atoms with Crippen LogP contribution in [0.15, 0.2) is 0 Å². The Kier molecular flexibility index (Phi) is 4.30. The van der Waals surface area contributed by atoms with Gasteiger partial charge in [-0.1, -0.05) is 0 Å². The third-order valence-electron chi connectivity index (χ3n) is 3.90. The zero-order valence-electron chi connectivity index (χ0n) is 9.79. The minimum atomic E-state index is 0.745. The molecule has 2 nitrogen and oxygen atoms in total. The summed E-state index contributed by atoms with van der Waals surface area (Å²) in [5.41, 5.74) is 0. The van der Waals surface area contributed by atoms with Crippen LogP contribution < -0.4 is 0 Å². The summed E-state index contributed by atoms with van der Waals surface area (Å²) in [4.78, 5) is 5.35. The normalized spacial score (nSPS) is 33.2. The van der Waals surface area contributed by atoms with Gasteiger partial charge in [-0.05, 0) is 45.7 Å². The highest BCUT2D eigenvalue weighted by Gasteiger charge is 2.33. The number of nitrogens with zero attached hydrogens (tertiary/aromatic N) is 2. The van der Waals surface area contributed by atoms with E-state index in [9.17, 15) is 0 Å². The maximum absolute atomic E-state index is 5.72. The van der Waals surface area contributed by atoms with Gasteiger partial charge in [0.2, 0.25) is 0 Å². The number of rotatable bonds is 4. The molecule has 0 aromatic carbocycles. The predicted octanol–water partition coefficient (Wildman–Crippen LogP) is 2.17. The highest BCUT2D eigenvalue weighted by molar-refractivity contribution is 6.17. The van der Waals surface area contributed by atoms with Crippen molar-refractivity contribution < 1.29 is 0 Å². The summed E-state index contributed by atoms with van der Waals surface area (Å²) in [6.45, 7) is 7.53. The molecule has 15 heavy (non-hydrogen) atoms. The Morgan fingerprint density at radius 2 is 2.13 bits per heavy atom. The van der Waals surface area contributed by atoms with Crippen molar-refractivity contribution in [2.45, 2.75) is 44.7 Å². The van der Waals surface area contributed by atoms with Crippen LogP contribution in [0.25, 0.3) is 0 Å². The van der Waals surface area contributed by atoms with Crippen molar-refractivity contribution in [3.63, 3.8) is 0 Å². The first-order chi connectivity index (χ1) is 7.31. The maximum Gasteiger partial charge on any atom is 0.0224 e. The zero-order valence-corrected chi connectivity index (χ0v) is 10.5. The summed E-state index contributed by atoms with van der Waals surface area (Å²) in [6.07, 6.45) is 5.26. The Morgan fingerprint density at radius 3 is 2.93 bits per heavy atom. The molecule has 2 unspecified atom stereocenters. The van der Waals surface area contributed by atoms with Crippen LogP contribution in [0.5, 0.6) is 0 Å². The van der Waals surface area contributed by atoms with Gasteiger partial charge in [0, 0.05) is 31.1 Å². The molecule has 2 heterocycles. The van der Waals surface area contributed by atoms with E-state index in [2.05, 4.69) is 16.7 Å². The van der Waals surface area contributed by atoms with Crippen LogP contribution in [-0.4, -0.2) is 53.9 Å². The van der Waals surface area contributed by atoms with Gasteiger partial charge in [0.25, 0.3) is 0 Å². The summed E-state index contributed by atoms with van der Waals surface area (Å²) in [6, 6.07) is 1.60. The first kappa shape index (κ1) is 11.7. The first-order valence-corrected chi connectivity index (χ1v) is 6.89. The molecule has 0 radical (unpaired) electrons. The highest BCUT2D eigenvalue weighted by Crippen LogP contribution is 2.24. The summed E-state index contributed by atoms with van der Waals surface area (Å²) >= 11 is 5.72. The monoisotopic (exact) mass is 230 g/mol. The molecule has 0 aromatic heterocycles. The number of piperazine rings is 1. The van der Waals surface area contributed by atoms with Crippen molar-refractivity contribution in [2.24, 2.45) is 0 Å². The lowest BCUT2D eigenvalue weighted by Gasteiger charge is -2.42. The van der Waals surface area contributed by atoms with E-state index in [0.717, 1.165) is 18.0 Å². The molecular weight excluding hydrogens is 208 g/mol. The Hall–Kier alpha value is 0.210. The van der Waals surface area contributed by atoms with Crippen LogP contribution in [0, 0.1) is 0 Å². The number of hydrogen-bond acceptors (Lipinski definition) is 2. The summed E-state index contributed by atoms with van der Waals surface area (Å²) in [5, 5.41) is 0. The smallest absolute Gasteiger partial charge is 0.0224 e. The van der Waals surface area contributed by atoms with Crippen LogP contribution in [0.4, 0.5) is 0 Å². The second-order valence-corrected chi connectivity index (χ2v) is 5.41. The first-order valence-electron chi connectivity index (χ1n) is 6.35. The van der Waals surface area contributed by atoms with Gasteiger partial charge in [-0.25, -0.2) is 0 Å². The Bertz CT molecular complexity index is 198. The molecule has 88 valence electrons. The molecule has 0 spiro atoms. The van der Waals surface area contributed by atoms with Crippen molar-refractivity contribution in [1.29, 1.82) is 0 Å². The van der Waals surface area contributed by atoms with Gasteiger partial charge >= 0.3 is 0 Å². The number of hydrogen-bond donors (Lipinski definition) is 0. The van der Waals surface area contributed by atoms with Crippen LogP contribution in [0.3, 0.4) is 0 Å². The highest BCUT2D eigenvalue weighted by atomic mass is 35.5. The second-order valence-electron chi connectivity index (χ2n) is 5.03. The number of halogens is 1. The van der Waals surface area contributed by atoms with Crippen LogP contribution >= 0.6 is 11.6 Å². The van der Waals surface area contributed by atoms with Gasteiger partial charge < -0.3 is 0 Å². The molecule has 2 atom stereocenters. The molecule has 2 aliphatic rings. The third kappa shape index (κ3) is 2.86. The molecule has 2 rings (SSSR count). The fourth-order valence-electron chi connectivity index (χ4n) is 2.97. The molecule has 0 aliphatic carbocycles. The van der Waals surface area contributed by atoms with Gasteiger partial charge in [0.05, 0.1) is 0 Å². The Balaban J connectivity index is 1.79. The minimum Gasteiger partial charge on any atom is -0.298 e. The van der Waals surface area contributed by atoms with Crippen LogP contribution in [-0.2, 0) is 0 Å². The largest absolute Gasteiger partial charge is 0.298 e. The molecule has 0 bridgehead atoms. The van der Waals surface area contributed by atoms with E-state index in [-0.39, 0.29) is 0 Å². The van der Waals surface area contributed by atoms with Crippen molar-refractivity contribution in [2.75, 3.05) is 32.1 Å². The van der Waals surface area contributed by atoms with Crippen molar-refractivity contribution >= 4 is 11.6 Å². The average Bonchev–Trinajstić information content (AvgIpc) is 2.65. The summed E-state index contributed by atoms with van der Waals surface area (Å²) in [5.74, 6) is 0.817. The van der Waals surface area contributed by atoms with Crippen molar-refractivity contribution in [3.05, 3.63) is 0 Å². The molecule has 0 N–H and O–H groups in total. The van der Waals surface area contributed by atoms with Crippen LogP contribution in [0.1, 0.15) is 32.6 Å². The molecule has 2 saturated heterocycles. The van der Waals surface area contributed by atoms with Gasteiger partial charge in [-0.2, -0.15) is 0 Å². The van der Waals surface area contributed by atoms with Gasteiger partial charge in [0.15, 0.2) is 0 Å². The summed E-state index contributed by atoms with van der Waals surface area (Å²) < 4.78 is 0. The van der Waals surface area contributed by atoms with Crippen LogP contribution in [0.2, 0.25) is 0 Å². The average molecular weight is 231 g/mol. The predicted molar refractivity (Wildman–Crippen MR) is 65.6 cm³/mol. The quantitative estimate of drug-likeness (QED) is 0.540. The molecule has 2 aliphatic heterocycles. The third-order valence-corrected chi connectivity index (χ3v) is 4.16. The van der Waals surface area contributed by atoms with E-state index in [0.29, 0.717) is 0 Å². The van der Waals surface area contributed by atoms with Gasteiger partial charge in [-0.15, -0.1) is 11.6 Å². The molecule has 0 amide bonds. The van der Waals surface area contributed by atoms with E-state index in [1.807, 2.05) is 0 Å². The van der Waals surface area contributed by atoms with E-state index in [1.165, 1.54) is 51.9 Å².